The van der Waals surface area contributed by atoms with E-state index in [1.807, 2.05) is 0 Å². The van der Waals surface area contributed by atoms with Crippen molar-refractivity contribution < 1.29 is 8.42 Å². The summed E-state index contributed by atoms with van der Waals surface area (Å²) in [6.45, 7) is 3.50. The second kappa shape index (κ2) is 2.53. The molecule has 1 fully saturated rings. The SMILES string of the molecule is CC(C)S(=O)(=O)CC1CC1. The van der Waals surface area contributed by atoms with E-state index in [-0.39, 0.29) is 5.25 Å². The first-order valence-electron chi connectivity index (χ1n) is 3.74. The van der Waals surface area contributed by atoms with Crippen LogP contribution in [0.15, 0.2) is 0 Å². The van der Waals surface area contributed by atoms with Crippen LogP contribution >= 0.6 is 0 Å². The topological polar surface area (TPSA) is 34.1 Å². The minimum Gasteiger partial charge on any atom is -0.229 e. The predicted molar refractivity (Wildman–Crippen MR) is 41.6 cm³/mol. The molecule has 1 aliphatic rings. The Labute approximate surface area is 62.5 Å². The minimum atomic E-state index is -2.73. The Morgan fingerprint density at radius 1 is 1.40 bits per heavy atom. The molecule has 0 aromatic rings. The fraction of sp³-hybridized carbons (Fsp3) is 1.00. The highest BCUT2D eigenvalue weighted by atomic mass is 32.2. The van der Waals surface area contributed by atoms with Gasteiger partial charge >= 0.3 is 0 Å². The van der Waals surface area contributed by atoms with Crippen molar-refractivity contribution in [2.24, 2.45) is 5.92 Å². The van der Waals surface area contributed by atoms with Crippen LogP contribution in [0.25, 0.3) is 0 Å². The van der Waals surface area contributed by atoms with Crippen LogP contribution in [0.5, 0.6) is 0 Å². The van der Waals surface area contributed by atoms with Gasteiger partial charge in [0.15, 0.2) is 9.84 Å². The molecular weight excluding hydrogens is 148 g/mol. The minimum absolute atomic E-state index is 0.187. The third-order valence-corrected chi connectivity index (χ3v) is 4.26. The lowest BCUT2D eigenvalue weighted by Crippen LogP contribution is -2.18. The molecule has 0 amide bonds. The molecular formula is C7H14O2S. The lowest BCUT2D eigenvalue weighted by atomic mass is 10.5. The summed E-state index contributed by atoms with van der Waals surface area (Å²) in [6.07, 6.45) is 2.23. The summed E-state index contributed by atoms with van der Waals surface area (Å²) in [6, 6.07) is 0. The van der Waals surface area contributed by atoms with Gasteiger partial charge in [0, 0.05) is 0 Å². The normalized spacial score (nSPS) is 19.9. The summed E-state index contributed by atoms with van der Waals surface area (Å²) in [5, 5.41) is -0.187. The first kappa shape index (κ1) is 8.05. The van der Waals surface area contributed by atoms with Gasteiger partial charge in [-0.05, 0) is 32.6 Å². The van der Waals surface area contributed by atoms with Crippen molar-refractivity contribution in [2.75, 3.05) is 5.75 Å². The van der Waals surface area contributed by atoms with Crippen LogP contribution in [0, 0.1) is 5.92 Å². The van der Waals surface area contributed by atoms with E-state index < -0.39 is 9.84 Å². The van der Waals surface area contributed by atoms with E-state index in [1.165, 1.54) is 0 Å². The Hall–Kier alpha value is -0.0500. The van der Waals surface area contributed by atoms with Crippen LogP contribution in [0.1, 0.15) is 26.7 Å². The Kier molecular flexibility index (Phi) is 2.04. The molecule has 0 aromatic carbocycles. The maximum Gasteiger partial charge on any atom is 0.152 e. The molecule has 3 heteroatoms. The van der Waals surface area contributed by atoms with E-state index in [1.54, 1.807) is 13.8 Å². The second-order valence-electron chi connectivity index (χ2n) is 3.32. The second-order valence-corrected chi connectivity index (χ2v) is 5.92. The molecule has 1 aliphatic carbocycles. The summed E-state index contributed by atoms with van der Waals surface area (Å²) in [5.41, 5.74) is 0. The zero-order chi connectivity index (χ0) is 7.78. The number of sulfone groups is 1. The molecule has 0 heterocycles. The highest BCUT2D eigenvalue weighted by Gasteiger charge is 2.29. The van der Waals surface area contributed by atoms with Crippen LogP contribution in [0.2, 0.25) is 0 Å². The number of rotatable bonds is 3. The fourth-order valence-electron chi connectivity index (χ4n) is 0.806. The van der Waals surface area contributed by atoms with Crippen LogP contribution in [0.4, 0.5) is 0 Å². The van der Waals surface area contributed by atoms with E-state index in [4.69, 9.17) is 0 Å². The smallest absolute Gasteiger partial charge is 0.152 e. The molecule has 1 saturated carbocycles. The van der Waals surface area contributed by atoms with Crippen molar-refractivity contribution in [3.05, 3.63) is 0 Å². The maximum atomic E-state index is 11.2. The molecule has 0 saturated heterocycles. The lowest BCUT2D eigenvalue weighted by Gasteiger charge is -2.04. The van der Waals surface area contributed by atoms with Gasteiger partial charge < -0.3 is 0 Å². The van der Waals surface area contributed by atoms with Gasteiger partial charge in [0.25, 0.3) is 0 Å². The Balaban J connectivity index is 2.50. The van der Waals surface area contributed by atoms with Gasteiger partial charge in [0.05, 0.1) is 11.0 Å². The van der Waals surface area contributed by atoms with Gasteiger partial charge in [-0.15, -0.1) is 0 Å². The van der Waals surface area contributed by atoms with Crippen LogP contribution in [-0.2, 0) is 9.84 Å². The molecule has 0 bridgehead atoms. The van der Waals surface area contributed by atoms with Crippen molar-refractivity contribution in [1.29, 1.82) is 0 Å². The van der Waals surface area contributed by atoms with Gasteiger partial charge in [0.2, 0.25) is 0 Å². The predicted octanol–water partition coefficient (Wildman–Crippen LogP) is 1.22. The summed E-state index contributed by atoms with van der Waals surface area (Å²) >= 11 is 0. The molecule has 2 nitrogen and oxygen atoms in total. The van der Waals surface area contributed by atoms with Gasteiger partial charge in [0.1, 0.15) is 0 Å². The Morgan fingerprint density at radius 2 is 1.90 bits per heavy atom. The summed E-state index contributed by atoms with van der Waals surface area (Å²) in [5.74, 6) is 0.914. The van der Waals surface area contributed by atoms with Gasteiger partial charge in [-0.2, -0.15) is 0 Å². The summed E-state index contributed by atoms with van der Waals surface area (Å²) < 4.78 is 22.4. The molecule has 0 aliphatic heterocycles. The molecule has 60 valence electrons. The highest BCUT2D eigenvalue weighted by molar-refractivity contribution is 7.91. The zero-order valence-electron chi connectivity index (χ0n) is 6.50. The first-order chi connectivity index (χ1) is 4.52. The van der Waals surface area contributed by atoms with E-state index in [9.17, 15) is 8.42 Å². The largest absolute Gasteiger partial charge is 0.229 e. The standard InChI is InChI=1S/C7H14O2S/c1-6(2)10(8,9)5-7-3-4-7/h6-7H,3-5H2,1-2H3. The average molecular weight is 162 g/mol. The molecule has 0 radical (unpaired) electrons. The third kappa shape index (κ3) is 1.97. The lowest BCUT2D eigenvalue weighted by molar-refractivity contribution is 0.583. The molecule has 0 atom stereocenters. The average Bonchev–Trinajstić information content (AvgIpc) is 2.48. The van der Waals surface area contributed by atoms with Gasteiger partial charge in [-0.3, -0.25) is 0 Å². The Bertz CT molecular complexity index is 200. The van der Waals surface area contributed by atoms with Gasteiger partial charge in [-0.1, -0.05) is 0 Å². The molecule has 0 spiro atoms. The van der Waals surface area contributed by atoms with Crippen LogP contribution in [0.3, 0.4) is 0 Å². The van der Waals surface area contributed by atoms with E-state index >= 15 is 0 Å². The molecule has 0 unspecified atom stereocenters. The van der Waals surface area contributed by atoms with Crippen molar-refractivity contribution in [2.45, 2.75) is 31.9 Å². The number of hydrogen-bond donors (Lipinski definition) is 0. The van der Waals surface area contributed by atoms with Crippen molar-refractivity contribution in [3.63, 3.8) is 0 Å². The van der Waals surface area contributed by atoms with E-state index in [2.05, 4.69) is 0 Å². The van der Waals surface area contributed by atoms with Crippen LogP contribution in [-0.4, -0.2) is 19.4 Å². The van der Waals surface area contributed by atoms with Crippen molar-refractivity contribution in [3.8, 4) is 0 Å². The Morgan fingerprint density at radius 3 is 2.20 bits per heavy atom. The third-order valence-electron chi connectivity index (χ3n) is 1.88. The fourth-order valence-corrected chi connectivity index (χ4v) is 2.18. The number of hydrogen-bond acceptors (Lipinski definition) is 2. The first-order valence-corrected chi connectivity index (χ1v) is 5.45. The summed E-state index contributed by atoms with van der Waals surface area (Å²) in [7, 11) is -2.73. The quantitative estimate of drug-likeness (QED) is 0.625. The molecule has 1 rings (SSSR count). The highest BCUT2D eigenvalue weighted by Crippen LogP contribution is 2.31. The molecule has 10 heavy (non-hydrogen) atoms. The zero-order valence-corrected chi connectivity index (χ0v) is 7.32. The van der Waals surface area contributed by atoms with Crippen molar-refractivity contribution >= 4 is 9.84 Å². The summed E-state index contributed by atoms with van der Waals surface area (Å²) in [4.78, 5) is 0. The van der Waals surface area contributed by atoms with Crippen molar-refractivity contribution in [1.82, 2.24) is 0 Å². The van der Waals surface area contributed by atoms with Gasteiger partial charge in [-0.25, -0.2) is 8.42 Å². The molecule has 0 N–H and O–H groups in total. The van der Waals surface area contributed by atoms with Crippen LogP contribution < -0.4 is 0 Å². The van der Waals surface area contributed by atoms with E-state index in [0.29, 0.717) is 11.7 Å². The maximum absolute atomic E-state index is 11.2. The monoisotopic (exact) mass is 162 g/mol. The molecule has 0 aromatic heterocycles. The van der Waals surface area contributed by atoms with E-state index in [0.717, 1.165) is 12.8 Å².